The Hall–Kier alpha value is -0.930. The third-order valence-corrected chi connectivity index (χ3v) is 2.04. The van der Waals surface area contributed by atoms with Crippen molar-refractivity contribution in [2.24, 2.45) is 0 Å². The molecule has 0 unspecified atom stereocenters. The number of nitrogens with one attached hydrogen (secondary N) is 2. The van der Waals surface area contributed by atoms with Crippen molar-refractivity contribution in [1.82, 2.24) is 10.6 Å². The first-order valence-corrected chi connectivity index (χ1v) is 4.09. The largest absolute Gasteiger partial charge is 0.297 e. The molecule has 1 aromatic rings. The van der Waals surface area contributed by atoms with Gasteiger partial charge in [0.15, 0.2) is 0 Å². The highest BCUT2D eigenvalue weighted by atomic mass is 19.1. The van der Waals surface area contributed by atoms with Gasteiger partial charge in [-0.15, -0.1) is 0 Å². The predicted molar refractivity (Wildman–Crippen MR) is 45.1 cm³/mol. The molecule has 0 aromatic heterocycles. The van der Waals surface area contributed by atoms with Crippen molar-refractivity contribution in [2.75, 3.05) is 13.1 Å². The van der Waals surface area contributed by atoms with E-state index in [0.717, 1.165) is 13.1 Å². The molecule has 3 heteroatoms. The molecule has 0 atom stereocenters. The van der Waals surface area contributed by atoms with E-state index in [1.165, 1.54) is 6.07 Å². The molecule has 1 fully saturated rings. The first-order chi connectivity index (χ1) is 5.88. The molecule has 2 rings (SSSR count). The molecule has 1 heterocycles. The smallest absolute Gasteiger partial charge is 0.129 e. The van der Waals surface area contributed by atoms with Crippen LogP contribution in [0.4, 0.5) is 4.39 Å². The minimum atomic E-state index is -0.149. The molecule has 1 aliphatic rings. The predicted octanol–water partition coefficient (Wildman–Crippen LogP) is 1.02. The van der Waals surface area contributed by atoms with E-state index < -0.39 is 0 Å². The van der Waals surface area contributed by atoms with Crippen LogP contribution in [-0.4, -0.2) is 13.1 Å². The molecule has 1 saturated heterocycles. The Kier molecular flexibility index (Phi) is 2.06. The van der Waals surface area contributed by atoms with E-state index in [1.54, 1.807) is 12.1 Å². The first kappa shape index (κ1) is 7.71. The van der Waals surface area contributed by atoms with Crippen LogP contribution in [0.15, 0.2) is 24.3 Å². The second-order valence-corrected chi connectivity index (χ2v) is 2.86. The molecule has 64 valence electrons. The van der Waals surface area contributed by atoms with E-state index in [-0.39, 0.29) is 12.0 Å². The van der Waals surface area contributed by atoms with Gasteiger partial charge in [-0.3, -0.25) is 10.6 Å². The van der Waals surface area contributed by atoms with E-state index in [1.807, 2.05) is 6.07 Å². The van der Waals surface area contributed by atoms with Crippen molar-refractivity contribution in [3.05, 3.63) is 35.6 Å². The van der Waals surface area contributed by atoms with Crippen LogP contribution in [0.3, 0.4) is 0 Å². The van der Waals surface area contributed by atoms with E-state index in [2.05, 4.69) is 10.6 Å². The normalized spacial score (nSPS) is 18.4. The minimum Gasteiger partial charge on any atom is -0.297 e. The maximum atomic E-state index is 13.2. The van der Waals surface area contributed by atoms with E-state index >= 15 is 0 Å². The van der Waals surface area contributed by atoms with E-state index in [4.69, 9.17) is 0 Å². The summed E-state index contributed by atoms with van der Waals surface area (Å²) in [5.74, 6) is -0.149. The summed E-state index contributed by atoms with van der Waals surface area (Å²) in [6.07, 6.45) is -0.00815. The number of benzene rings is 1. The fraction of sp³-hybridized carbons (Fsp3) is 0.333. The lowest BCUT2D eigenvalue weighted by Gasteiger charge is -2.11. The summed E-state index contributed by atoms with van der Waals surface area (Å²) in [5.41, 5.74) is 0.704. The highest BCUT2D eigenvalue weighted by Gasteiger charge is 2.17. The topological polar surface area (TPSA) is 24.1 Å². The van der Waals surface area contributed by atoms with Crippen LogP contribution < -0.4 is 10.6 Å². The van der Waals surface area contributed by atoms with Crippen molar-refractivity contribution in [2.45, 2.75) is 6.17 Å². The number of hydrogen-bond donors (Lipinski definition) is 2. The van der Waals surface area contributed by atoms with Gasteiger partial charge >= 0.3 is 0 Å². The van der Waals surface area contributed by atoms with Crippen molar-refractivity contribution in [1.29, 1.82) is 0 Å². The number of hydrogen-bond acceptors (Lipinski definition) is 2. The summed E-state index contributed by atoms with van der Waals surface area (Å²) in [4.78, 5) is 0. The van der Waals surface area contributed by atoms with Crippen LogP contribution in [0.1, 0.15) is 11.7 Å². The summed E-state index contributed by atoms with van der Waals surface area (Å²) in [6, 6.07) is 6.83. The van der Waals surface area contributed by atoms with Crippen LogP contribution in [0.2, 0.25) is 0 Å². The van der Waals surface area contributed by atoms with Crippen LogP contribution in [-0.2, 0) is 0 Å². The highest BCUT2D eigenvalue weighted by molar-refractivity contribution is 5.21. The van der Waals surface area contributed by atoms with Gasteiger partial charge in [-0.25, -0.2) is 4.39 Å². The summed E-state index contributed by atoms with van der Waals surface area (Å²) in [7, 11) is 0. The zero-order chi connectivity index (χ0) is 8.39. The lowest BCUT2D eigenvalue weighted by Crippen LogP contribution is -2.22. The van der Waals surface area contributed by atoms with E-state index in [9.17, 15) is 4.39 Å². The van der Waals surface area contributed by atoms with E-state index in [0.29, 0.717) is 5.56 Å². The molecular formula is C9H11FN2. The number of halogens is 1. The van der Waals surface area contributed by atoms with Crippen molar-refractivity contribution < 1.29 is 4.39 Å². The summed E-state index contributed by atoms with van der Waals surface area (Å²) in [5, 5.41) is 6.33. The summed E-state index contributed by atoms with van der Waals surface area (Å²) in [6.45, 7) is 1.80. The monoisotopic (exact) mass is 166 g/mol. The molecule has 2 nitrogen and oxygen atoms in total. The molecule has 0 bridgehead atoms. The fourth-order valence-corrected chi connectivity index (χ4v) is 1.43. The lowest BCUT2D eigenvalue weighted by atomic mass is 10.1. The highest BCUT2D eigenvalue weighted by Crippen LogP contribution is 2.15. The molecule has 2 N–H and O–H groups in total. The third-order valence-electron chi connectivity index (χ3n) is 2.04. The zero-order valence-corrected chi connectivity index (χ0v) is 6.68. The van der Waals surface area contributed by atoms with Gasteiger partial charge in [-0.05, 0) is 6.07 Å². The molecule has 1 aliphatic heterocycles. The maximum Gasteiger partial charge on any atom is 0.129 e. The Morgan fingerprint density at radius 1 is 1.17 bits per heavy atom. The van der Waals surface area contributed by atoms with Gasteiger partial charge in [-0.2, -0.15) is 0 Å². The van der Waals surface area contributed by atoms with Crippen LogP contribution in [0.5, 0.6) is 0 Å². The average molecular weight is 166 g/mol. The van der Waals surface area contributed by atoms with Gasteiger partial charge < -0.3 is 0 Å². The minimum absolute atomic E-state index is 0.00815. The van der Waals surface area contributed by atoms with Gasteiger partial charge in [0.05, 0.1) is 6.17 Å². The van der Waals surface area contributed by atoms with Crippen molar-refractivity contribution in [3.63, 3.8) is 0 Å². The average Bonchev–Trinajstić information content (AvgIpc) is 2.57. The molecule has 0 aliphatic carbocycles. The molecule has 1 aromatic carbocycles. The molecular weight excluding hydrogens is 155 g/mol. The lowest BCUT2D eigenvalue weighted by molar-refractivity contribution is 0.530. The first-order valence-electron chi connectivity index (χ1n) is 4.09. The Morgan fingerprint density at radius 3 is 2.50 bits per heavy atom. The maximum absolute atomic E-state index is 13.2. The molecule has 12 heavy (non-hydrogen) atoms. The van der Waals surface area contributed by atoms with Gasteiger partial charge in [-0.1, -0.05) is 18.2 Å². The molecule has 0 radical (unpaired) electrons. The van der Waals surface area contributed by atoms with Crippen molar-refractivity contribution >= 4 is 0 Å². The Morgan fingerprint density at radius 2 is 1.83 bits per heavy atom. The number of rotatable bonds is 1. The third kappa shape index (κ3) is 1.33. The van der Waals surface area contributed by atoms with Crippen LogP contribution >= 0.6 is 0 Å². The Balaban J connectivity index is 2.26. The Labute approximate surface area is 70.8 Å². The van der Waals surface area contributed by atoms with Crippen LogP contribution in [0, 0.1) is 5.82 Å². The van der Waals surface area contributed by atoms with Gasteiger partial charge in [0, 0.05) is 18.7 Å². The molecule has 0 spiro atoms. The quantitative estimate of drug-likeness (QED) is 0.650. The summed E-state index contributed by atoms with van der Waals surface area (Å²) >= 11 is 0. The summed E-state index contributed by atoms with van der Waals surface area (Å²) < 4.78 is 13.2. The standard InChI is InChI=1S/C9H11FN2/c10-8-4-2-1-3-7(8)9-11-5-6-12-9/h1-4,9,11-12H,5-6H2. The Bertz CT molecular complexity index is 269. The van der Waals surface area contributed by atoms with Gasteiger partial charge in [0.25, 0.3) is 0 Å². The second-order valence-electron chi connectivity index (χ2n) is 2.86. The van der Waals surface area contributed by atoms with Gasteiger partial charge in [0.1, 0.15) is 5.82 Å². The van der Waals surface area contributed by atoms with Crippen LogP contribution in [0.25, 0.3) is 0 Å². The SMILES string of the molecule is Fc1ccccc1C1NCCN1. The molecule has 0 saturated carbocycles. The molecule has 0 amide bonds. The van der Waals surface area contributed by atoms with Gasteiger partial charge in [0.2, 0.25) is 0 Å². The second kappa shape index (κ2) is 3.21. The van der Waals surface area contributed by atoms with Crippen molar-refractivity contribution in [3.8, 4) is 0 Å². The fourth-order valence-electron chi connectivity index (χ4n) is 1.43. The zero-order valence-electron chi connectivity index (χ0n) is 6.68.